The molecule has 2 N–H and O–H groups in total. The van der Waals surface area contributed by atoms with Gasteiger partial charge in [-0.3, -0.25) is 0 Å². The molecular weight excluding hydrogens is 182 g/mol. The van der Waals surface area contributed by atoms with E-state index in [0.717, 1.165) is 12.8 Å². The van der Waals surface area contributed by atoms with E-state index < -0.39 is 12.2 Å². The second-order valence-electron chi connectivity index (χ2n) is 4.28. The molecule has 0 saturated heterocycles. The SMILES string of the molecule is CC(C)COC(=O)NCC(O)C1CC1. The lowest BCUT2D eigenvalue weighted by Crippen LogP contribution is -2.34. The van der Waals surface area contributed by atoms with Gasteiger partial charge in [-0.2, -0.15) is 0 Å². The summed E-state index contributed by atoms with van der Waals surface area (Å²) >= 11 is 0. The largest absolute Gasteiger partial charge is 0.449 e. The average molecular weight is 201 g/mol. The van der Waals surface area contributed by atoms with Crippen molar-refractivity contribution in [2.75, 3.05) is 13.2 Å². The van der Waals surface area contributed by atoms with Crippen molar-refractivity contribution in [1.82, 2.24) is 5.32 Å². The molecule has 1 rings (SSSR count). The lowest BCUT2D eigenvalue weighted by atomic mass is 10.2. The third kappa shape index (κ3) is 4.46. The Hall–Kier alpha value is -0.770. The molecule has 1 unspecified atom stereocenters. The highest BCUT2D eigenvalue weighted by Crippen LogP contribution is 2.32. The van der Waals surface area contributed by atoms with Gasteiger partial charge in [0.25, 0.3) is 0 Å². The molecule has 0 radical (unpaired) electrons. The molecule has 0 aliphatic heterocycles. The first kappa shape index (κ1) is 11.3. The van der Waals surface area contributed by atoms with Crippen LogP contribution in [0.5, 0.6) is 0 Å². The van der Waals surface area contributed by atoms with Gasteiger partial charge in [0.2, 0.25) is 0 Å². The number of ether oxygens (including phenoxy) is 1. The van der Waals surface area contributed by atoms with Crippen molar-refractivity contribution in [3.63, 3.8) is 0 Å². The number of nitrogens with one attached hydrogen (secondary N) is 1. The molecule has 1 fully saturated rings. The van der Waals surface area contributed by atoms with Gasteiger partial charge in [-0.05, 0) is 24.7 Å². The number of alkyl carbamates (subject to hydrolysis) is 1. The van der Waals surface area contributed by atoms with Crippen molar-refractivity contribution in [2.45, 2.75) is 32.8 Å². The van der Waals surface area contributed by atoms with E-state index >= 15 is 0 Å². The van der Waals surface area contributed by atoms with Crippen molar-refractivity contribution in [3.8, 4) is 0 Å². The summed E-state index contributed by atoms with van der Waals surface area (Å²) in [4.78, 5) is 11.1. The van der Waals surface area contributed by atoms with Crippen LogP contribution < -0.4 is 5.32 Å². The van der Waals surface area contributed by atoms with Gasteiger partial charge in [-0.15, -0.1) is 0 Å². The predicted octanol–water partition coefficient (Wildman–Crippen LogP) is 1.14. The first-order valence-electron chi connectivity index (χ1n) is 5.18. The van der Waals surface area contributed by atoms with Crippen molar-refractivity contribution in [1.29, 1.82) is 0 Å². The number of rotatable bonds is 5. The van der Waals surface area contributed by atoms with Crippen LogP contribution >= 0.6 is 0 Å². The second kappa shape index (κ2) is 5.20. The molecule has 4 nitrogen and oxygen atoms in total. The smallest absolute Gasteiger partial charge is 0.407 e. The summed E-state index contributed by atoms with van der Waals surface area (Å²) in [5.74, 6) is 0.731. The Morgan fingerprint density at radius 1 is 1.57 bits per heavy atom. The number of aliphatic hydroxyl groups excluding tert-OH is 1. The Bertz CT molecular complexity index is 190. The molecule has 1 aliphatic rings. The summed E-state index contributed by atoms with van der Waals surface area (Å²) in [6, 6.07) is 0. The lowest BCUT2D eigenvalue weighted by Gasteiger charge is -2.11. The van der Waals surface area contributed by atoms with Gasteiger partial charge in [0.1, 0.15) is 0 Å². The zero-order chi connectivity index (χ0) is 10.6. The van der Waals surface area contributed by atoms with E-state index in [1.165, 1.54) is 0 Å². The highest BCUT2D eigenvalue weighted by molar-refractivity contribution is 5.67. The minimum absolute atomic E-state index is 0.307. The summed E-state index contributed by atoms with van der Waals surface area (Å²) < 4.78 is 4.89. The number of carbonyl (C=O) groups excluding carboxylic acids is 1. The maximum Gasteiger partial charge on any atom is 0.407 e. The Balaban J connectivity index is 2.02. The Morgan fingerprint density at radius 2 is 2.21 bits per heavy atom. The number of hydrogen-bond donors (Lipinski definition) is 2. The van der Waals surface area contributed by atoms with Crippen LogP contribution in [0.25, 0.3) is 0 Å². The Labute approximate surface area is 84.6 Å². The van der Waals surface area contributed by atoms with Crippen LogP contribution in [0.15, 0.2) is 0 Å². The third-order valence-corrected chi connectivity index (χ3v) is 2.17. The van der Waals surface area contributed by atoms with E-state index in [1.54, 1.807) is 0 Å². The molecule has 4 heteroatoms. The molecule has 0 aromatic heterocycles. The first-order valence-corrected chi connectivity index (χ1v) is 5.18. The molecule has 0 spiro atoms. The maximum absolute atomic E-state index is 11.1. The summed E-state index contributed by atoms with van der Waals surface area (Å²) in [5, 5.41) is 12.0. The fraction of sp³-hybridized carbons (Fsp3) is 0.900. The molecule has 1 amide bonds. The van der Waals surface area contributed by atoms with Crippen LogP contribution in [0, 0.1) is 11.8 Å². The van der Waals surface area contributed by atoms with Crippen molar-refractivity contribution >= 4 is 6.09 Å². The quantitative estimate of drug-likeness (QED) is 0.701. The van der Waals surface area contributed by atoms with Crippen molar-refractivity contribution in [2.24, 2.45) is 11.8 Å². The van der Waals surface area contributed by atoms with Crippen LogP contribution in [0.1, 0.15) is 26.7 Å². The molecule has 14 heavy (non-hydrogen) atoms. The molecule has 0 heterocycles. The Kier molecular flexibility index (Phi) is 4.20. The summed E-state index contributed by atoms with van der Waals surface area (Å²) in [5.41, 5.74) is 0. The highest BCUT2D eigenvalue weighted by atomic mass is 16.5. The average Bonchev–Trinajstić information content (AvgIpc) is 2.93. The minimum atomic E-state index is -0.432. The number of amides is 1. The topological polar surface area (TPSA) is 58.6 Å². The van der Waals surface area contributed by atoms with E-state index in [2.05, 4.69) is 5.32 Å². The molecular formula is C10H19NO3. The van der Waals surface area contributed by atoms with E-state index in [4.69, 9.17) is 4.74 Å². The summed E-state index contributed by atoms with van der Waals surface area (Å²) in [6.07, 6.45) is 1.31. The van der Waals surface area contributed by atoms with Crippen molar-refractivity contribution in [3.05, 3.63) is 0 Å². The Morgan fingerprint density at radius 3 is 2.71 bits per heavy atom. The monoisotopic (exact) mass is 201 g/mol. The fourth-order valence-corrected chi connectivity index (χ4v) is 1.13. The number of aliphatic hydroxyl groups is 1. The van der Waals surface area contributed by atoms with E-state index in [-0.39, 0.29) is 0 Å². The second-order valence-corrected chi connectivity index (χ2v) is 4.28. The van der Waals surface area contributed by atoms with Crippen LogP contribution in [0.2, 0.25) is 0 Å². The zero-order valence-electron chi connectivity index (χ0n) is 8.82. The van der Waals surface area contributed by atoms with Crippen LogP contribution in [-0.4, -0.2) is 30.5 Å². The highest BCUT2D eigenvalue weighted by Gasteiger charge is 2.29. The number of hydrogen-bond acceptors (Lipinski definition) is 3. The van der Waals surface area contributed by atoms with Crippen LogP contribution in [0.4, 0.5) is 4.79 Å². The predicted molar refractivity (Wildman–Crippen MR) is 52.9 cm³/mol. The zero-order valence-corrected chi connectivity index (χ0v) is 8.82. The summed E-state index contributed by atoms with van der Waals surface area (Å²) in [6.45, 7) is 4.69. The summed E-state index contributed by atoms with van der Waals surface area (Å²) in [7, 11) is 0. The van der Waals surface area contributed by atoms with Gasteiger partial charge in [-0.25, -0.2) is 4.79 Å². The van der Waals surface area contributed by atoms with E-state index in [9.17, 15) is 9.90 Å². The molecule has 1 aliphatic carbocycles. The van der Waals surface area contributed by atoms with Gasteiger partial charge in [0.15, 0.2) is 0 Å². The van der Waals surface area contributed by atoms with E-state index in [0.29, 0.717) is 25.0 Å². The van der Waals surface area contributed by atoms with Gasteiger partial charge >= 0.3 is 6.09 Å². The maximum atomic E-state index is 11.1. The van der Waals surface area contributed by atoms with E-state index in [1.807, 2.05) is 13.8 Å². The normalized spacial score (nSPS) is 18.0. The molecule has 0 aromatic rings. The fourth-order valence-electron chi connectivity index (χ4n) is 1.13. The molecule has 0 bridgehead atoms. The van der Waals surface area contributed by atoms with Gasteiger partial charge in [-0.1, -0.05) is 13.8 Å². The van der Waals surface area contributed by atoms with Gasteiger partial charge < -0.3 is 15.2 Å². The lowest BCUT2D eigenvalue weighted by molar-refractivity contribution is 0.115. The number of carbonyl (C=O) groups is 1. The molecule has 0 aromatic carbocycles. The first-order chi connectivity index (χ1) is 6.59. The standard InChI is InChI=1S/C10H19NO3/c1-7(2)6-14-10(13)11-5-9(12)8-3-4-8/h7-9,12H,3-6H2,1-2H3,(H,11,13). The molecule has 82 valence electrons. The van der Waals surface area contributed by atoms with Gasteiger partial charge in [0, 0.05) is 6.54 Å². The van der Waals surface area contributed by atoms with Crippen LogP contribution in [-0.2, 0) is 4.74 Å². The third-order valence-electron chi connectivity index (χ3n) is 2.17. The van der Waals surface area contributed by atoms with Crippen molar-refractivity contribution < 1.29 is 14.6 Å². The van der Waals surface area contributed by atoms with Crippen LogP contribution in [0.3, 0.4) is 0 Å². The van der Waals surface area contributed by atoms with Gasteiger partial charge in [0.05, 0.1) is 12.7 Å². The minimum Gasteiger partial charge on any atom is -0.449 e. The molecule has 1 saturated carbocycles. The molecule has 1 atom stereocenters.